The first-order chi connectivity index (χ1) is 9.29. The molecule has 1 saturated heterocycles. The number of rotatable bonds is 5. The van der Waals surface area contributed by atoms with Crippen LogP contribution in [0.25, 0.3) is 0 Å². The van der Waals surface area contributed by atoms with E-state index in [1.165, 1.54) is 11.3 Å². The zero-order valence-corrected chi connectivity index (χ0v) is 11.6. The van der Waals surface area contributed by atoms with Gasteiger partial charge in [-0.1, -0.05) is 19.1 Å². The molecule has 1 aliphatic heterocycles. The van der Waals surface area contributed by atoms with Gasteiger partial charge in [0.2, 0.25) is 5.91 Å². The molecule has 4 heteroatoms. The first-order valence-corrected chi connectivity index (χ1v) is 7.11. The van der Waals surface area contributed by atoms with Crippen molar-refractivity contribution >= 4 is 11.6 Å². The van der Waals surface area contributed by atoms with Gasteiger partial charge in [-0.05, 0) is 30.7 Å². The third kappa shape index (κ3) is 4.24. The zero-order valence-electron chi connectivity index (χ0n) is 11.6. The Bertz CT molecular complexity index is 402. The van der Waals surface area contributed by atoms with Gasteiger partial charge in [0.1, 0.15) is 0 Å². The number of carbonyl (C=O) groups excluding carboxylic acids is 1. The molecule has 1 aromatic carbocycles. The highest BCUT2D eigenvalue weighted by Crippen LogP contribution is 2.16. The van der Waals surface area contributed by atoms with Crippen molar-refractivity contribution in [1.82, 2.24) is 10.6 Å². The summed E-state index contributed by atoms with van der Waals surface area (Å²) in [6.45, 7) is 6.58. The maximum absolute atomic E-state index is 11.3. The number of benzene rings is 1. The predicted octanol–water partition coefficient (Wildman–Crippen LogP) is 1.51. The summed E-state index contributed by atoms with van der Waals surface area (Å²) in [6.07, 6.45) is 1.74. The molecule has 0 unspecified atom stereocenters. The van der Waals surface area contributed by atoms with Gasteiger partial charge in [-0.15, -0.1) is 0 Å². The quantitative estimate of drug-likeness (QED) is 0.790. The van der Waals surface area contributed by atoms with Crippen LogP contribution in [-0.2, 0) is 11.3 Å². The van der Waals surface area contributed by atoms with Crippen molar-refractivity contribution in [3.8, 4) is 0 Å². The van der Waals surface area contributed by atoms with E-state index in [0.717, 1.165) is 39.1 Å². The number of hydrogen-bond acceptors (Lipinski definition) is 3. The molecule has 2 N–H and O–H groups in total. The molecule has 2 rings (SSSR count). The smallest absolute Gasteiger partial charge is 0.221 e. The van der Waals surface area contributed by atoms with E-state index in [9.17, 15) is 4.79 Å². The molecule has 0 aliphatic carbocycles. The molecule has 19 heavy (non-hydrogen) atoms. The molecule has 0 aromatic heterocycles. The molecule has 1 aromatic rings. The average Bonchev–Trinajstić information content (AvgIpc) is 2.65. The predicted molar refractivity (Wildman–Crippen MR) is 78.3 cm³/mol. The zero-order chi connectivity index (χ0) is 13.5. The van der Waals surface area contributed by atoms with E-state index in [4.69, 9.17) is 0 Å². The van der Waals surface area contributed by atoms with Gasteiger partial charge in [0.15, 0.2) is 0 Å². The van der Waals surface area contributed by atoms with Crippen molar-refractivity contribution in [1.29, 1.82) is 0 Å². The Labute approximate surface area is 115 Å². The highest BCUT2D eigenvalue weighted by atomic mass is 16.1. The Balaban J connectivity index is 1.91. The Morgan fingerprint density at radius 1 is 1.26 bits per heavy atom. The van der Waals surface area contributed by atoms with E-state index in [1.54, 1.807) is 0 Å². The average molecular weight is 261 g/mol. The van der Waals surface area contributed by atoms with Crippen LogP contribution in [0.5, 0.6) is 0 Å². The molecule has 0 atom stereocenters. The van der Waals surface area contributed by atoms with Crippen molar-refractivity contribution in [2.24, 2.45) is 0 Å². The van der Waals surface area contributed by atoms with Crippen LogP contribution in [-0.4, -0.2) is 32.1 Å². The summed E-state index contributed by atoms with van der Waals surface area (Å²) >= 11 is 0. The standard InChI is InChI=1S/C15H23N3O/c1-2-8-16-12-13-3-5-14(6-4-13)18-10-7-15(19)17-9-11-18/h3-6,16H,2,7-12H2,1H3,(H,17,19). The second-order valence-corrected chi connectivity index (χ2v) is 4.93. The van der Waals surface area contributed by atoms with Crippen molar-refractivity contribution in [3.63, 3.8) is 0 Å². The molecule has 1 amide bonds. The lowest BCUT2D eigenvalue weighted by atomic mass is 10.2. The molecule has 104 valence electrons. The molecule has 0 spiro atoms. The number of nitrogens with zero attached hydrogens (tertiary/aromatic N) is 1. The number of hydrogen-bond donors (Lipinski definition) is 2. The van der Waals surface area contributed by atoms with Crippen LogP contribution in [0, 0.1) is 0 Å². The van der Waals surface area contributed by atoms with E-state index >= 15 is 0 Å². The lowest BCUT2D eigenvalue weighted by Crippen LogP contribution is -2.28. The molecule has 0 saturated carbocycles. The molecular formula is C15H23N3O. The van der Waals surface area contributed by atoms with Gasteiger partial charge < -0.3 is 15.5 Å². The van der Waals surface area contributed by atoms with Gasteiger partial charge in [0.25, 0.3) is 0 Å². The van der Waals surface area contributed by atoms with Gasteiger partial charge in [-0.25, -0.2) is 0 Å². The maximum Gasteiger partial charge on any atom is 0.221 e. The summed E-state index contributed by atoms with van der Waals surface area (Å²) in [5.41, 5.74) is 2.51. The lowest BCUT2D eigenvalue weighted by Gasteiger charge is -2.22. The van der Waals surface area contributed by atoms with Gasteiger partial charge in [0.05, 0.1) is 0 Å². The summed E-state index contributed by atoms with van der Waals surface area (Å²) in [6, 6.07) is 8.63. The minimum atomic E-state index is 0.155. The lowest BCUT2D eigenvalue weighted by molar-refractivity contribution is -0.120. The first-order valence-electron chi connectivity index (χ1n) is 7.11. The molecule has 0 bridgehead atoms. The normalized spacial score (nSPS) is 16.1. The monoisotopic (exact) mass is 261 g/mol. The summed E-state index contributed by atoms with van der Waals surface area (Å²) in [5, 5.41) is 6.30. The first kappa shape index (κ1) is 13.9. The van der Waals surface area contributed by atoms with Crippen LogP contribution in [0.15, 0.2) is 24.3 Å². The Morgan fingerprint density at radius 2 is 2.05 bits per heavy atom. The molecular weight excluding hydrogens is 238 g/mol. The molecule has 0 radical (unpaired) electrons. The van der Waals surface area contributed by atoms with Crippen LogP contribution in [0.4, 0.5) is 5.69 Å². The van der Waals surface area contributed by atoms with Crippen molar-refractivity contribution in [2.45, 2.75) is 26.3 Å². The minimum absolute atomic E-state index is 0.155. The second kappa shape index (κ2) is 7.14. The highest BCUT2D eigenvalue weighted by Gasteiger charge is 2.13. The number of nitrogens with one attached hydrogen (secondary N) is 2. The minimum Gasteiger partial charge on any atom is -0.369 e. The van der Waals surface area contributed by atoms with Gasteiger partial charge >= 0.3 is 0 Å². The summed E-state index contributed by atoms with van der Waals surface area (Å²) in [5.74, 6) is 0.155. The summed E-state index contributed by atoms with van der Waals surface area (Å²) in [7, 11) is 0. The maximum atomic E-state index is 11.3. The van der Waals surface area contributed by atoms with E-state index in [-0.39, 0.29) is 5.91 Å². The fourth-order valence-corrected chi connectivity index (χ4v) is 2.26. The van der Waals surface area contributed by atoms with E-state index < -0.39 is 0 Å². The third-order valence-corrected chi connectivity index (χ3v) is 3.37. The van der Waals surface area contributed by atoms with Crippen LogP contribution >= 0.6 is 0 Å². The molecule has 1 heterocycles. The topological polar surface area (TPSA) is 44.4 Å². The van der Waals surface area contributed by atoms with Gasteiger partial charge in [-0.2, -0.15) is 0 Å². The van der Waals surface area contributed by atoms with Crippen LogP contribution in [0.3, 0.4) is 0 Å². The fraction of sp³-hybridized carbons (Fsp3) is 0.533. The molecule has 4 nitrogen and oxygen atoms in total. The highest BCUT2D eigenvalue weighted by molar-refractivity contribution is 5.77. The summed E-state index contributed by atoms with van der Waals surface area (Å²) < 4.78 is 0. The van der Waals surface area contributed by atoms with Gasteiger partial charge in [0, 0.05) is 38.3 Å². The van der Waals surface area contributed by atoms with Crippen LogP contribution in [0.1, 0.15) is 25.3 Å². The molecule has 1 aliphatic rings. The Hall–Kier alpha value is -1.55. The SMILES string of the molecule is CCCNCc1ccc(N2CCNC(=O)CC2)cc1. The van der Waals surface area contributed by atoms with Crippen molar-refractivity contribution < 1.29 is 4.79 Å². The Kier molecular flexibility index (Phi) is 5.21. The van der Waals surface area contributed by atoms with E-state index in [0.29, 0.717) is 6.42 Å². The summed E-state index contributed by atoms with van der Waals surface area (Å²) in [4.78, 5) is 13.6. The van der Waals surface area contributed by atoms with Crippen LogP contribution in [0.2, 0.25) is 0 Å². The van der Waals surface area contributed by atoms with Gasteiger partial charge in [-0.3, -0.25) is 4.79 Å². The van der Waals surface area contributed by atoms with E-state index in [2.05, 4.69) is 46.7 Å². The number of amides is 1. The van der Waals surface area contributed by atoms with Crippen molar-refractivity contribution in [3.05, 3.63) is 29.8 Å². The Morgan fingerprint density at radius 3 is 2.79 bits per heavy atom. The van der Waals surface area contributed by atoms with Crippen molar-refractivity contribution in [2.75, 3.05) is 31.1 Å². The molecule has 1 fully saturated rings. The van der Waals surface area contributed by atoms with E-state index in [1.807, 2.05) is 0 Å². The number of carbonyl (C=O) groups is 1. The second-order valence-electron chi connectivity index (χ2n) is 4.93. The fourth-order valence-electron chi connectivity index (χ4n) is 2.26. The third-order valence-electron chi connectivity index (χ3n) is 3.37. The largest absolute Gasteiger partial charge is 0.369 e. The number of anilines is 1. The van der Waals surface area contributed by atoms with Crippen LogP contribution < -0.4 is 15.5 Å².